The summed E-state index contributed by atoms with van der Waals surface area (Å²) in [6.07, 6.45) is 2.44. The first-order chi connectivity index (χ1) is 19.3. The summed E-state index contributed by atoms with van der Waals surface area (Å²) in [5, 5.41) is 3.06. The number of esters is 2. The smallest absolute Gasteiger partial charge is 0.341 e. The second-order valence-electron chi connectivity index (χ2n) is 10.1. The minimum Gasteiger partial charge on any atom is -0.462 e. The van der Waals surface area contributed by atoms with E-state index in [-0.39, 0.29) is 17.7 Å². The highest BCUT2D eigenvalue weighted by molar-refractivity contribution is 9.15. The average Bonchev–Trinajstić information content (AvgIpc) is 3.38. The Bertz CT molecular complexity index is 1430. The van der Waals surface area contributed by atoms with Gasteiger partial charge in [0, 0.05) is 22.8 Å². The molecule has 0 unspecified atom stereocenters. The molecule has 2 atom stereocenters. The second kappa shape index (κ2) is 12.9. The third-order valence-corrected chi connectivity index (χ3v) is 12.8. The van der Waals surface area contributed by atoms with Gasteiger partial charge in [0.25, 0.3) is 17.7 Å². The molecule has 2 aromatic rings. The number of ether oxygens (including phenoxy) is 2. The quantitative estimate of drug-likeness (QED) is 0.133. The number of nitrogens with zero attached hydrogens (tertiary/aromatic N) is 1. The number of amides is 3. The highest BCUT2D eigenvalue weighted by Gasteiger charge is 2.48. The van der Waals surface area contributed by atoms with Crippen LogP contribution in [0.5, 0.6) is 0 Å². The van der Waals surface area contributed by atoms with Crippen molar-refractivity contribution in [2.45, 2.75) is 53.0 Å². The van der Waals surface area contributed by atoms with Gasteiger partial charge in [-0.05, 0) is 107 Å². The van der Waals surface area contributed by atoms with Gasteiger partial charge in [0.15, 0.2) is 6.61 Å². The zero-order chi connectivity index (χ0) is 30.3. The van der Waals surface area contributed by atoms with Crippen LogP contribution < -0.4 is 5.32 Å². The molecule has 1 aliphatic carbocycles. The van der Waals surface area contributed by atoms with E-state index >= 15 is 0 Å². The fraction of sp³-hybridized carbons (Fsp3) is 0.444. The van der Waals surface area contributed by atoms with Crippen molar-refractivity contribution in [3.63, 3.8) is 0 Å². The normalized spacial score (nSPS) is 16.9. The number of imide groups is 1. The molecule has 1 N–H and O–H groups in total. The Balaban J connectivity index is 1.52. The van der Waals surface area contributed by atoms with E-state index in [1.165, 1.54) is 11.3 Å². The molecule has 9 nitrogen and oxygen atoms in total. The molecule has 14 heteroatoms. The summed E-state index contributed by atoms with van der Waals surface area (Å²) < 4.78 is 12.4. The highest BCUT2D eigenvalue weighted by Crippen LogP contribution is 2.46. The van der Waals surface area contributed by atoms with Gasteiger partial charge in [0.1, 0.15) is 11.0 Å². The topological polar surface area (TPSA) is 119 Å². The maximum atomic E-state index is 13.4. The number of halogens is 4. The number of hydrogen-bond acceptors (Lipinski definition) is 8. The summed E-state index contributed by atoms with van der Waals surface area (Å²) in [5.74, 6) is -3.45. The zero-order valence-corrected chi connectivity index (χ0v) is 29.7. The number of anilines is 1. The van der Waals surface area contributed by atoms with E-state index in [4.69, 9.17) is 9.47 Å². The highest BCUT2D eigenvalue weighted by atomic mass is 79.9. The van der Waals surface area contributed by atoms with Crippen molar-refractivity contribution in [3.8, 4) is 0 Å². The molecule has 0 saturated heterocycles. The van der Waals surface area contributed by atoms with E-state index in [0.29, 0.717) is 40.8 Å². The van der Waals surface area contributed by atoms with Gasteiger partial charge in [-0.3, -0.25) is 19.3 Å². The van der Waals surface area contributed by atoms with Gasteiger partial charge >= 0.3 is 11.9 Å². The standard InChI is InChI=1S/C27H26Br4N2O7S/c1-5-39-26(37)15-12-7-6-11(4)8-13(12)41-23(15)32-14(34)9-40-27(38)22(10(2)3)33-24(35)16-17(25(33)36)19(29)21(31)20(30)18(16)28/h10-11,22H,5-9H2,1-4H3,(H,32,34)/t11-,22+/m0/s1. The first kappa shape index (κ1) is 32.3. The molecule has 0 fully saturated rings. The molecule has 1 aliphatic heterocycles. The largest absolute Gasteiger partial charge is 0.462 e. The lowest BCUT2D eigenvalue weighted by Crippen LogP contribution is -2.49. The summed E-state index contributed by atoms with van der Waals surface area (Å²) in [6.45, 7) is 6.73. The fourth-order valence-electron chi connectivity index (χ4n) is 4.94. The van der Waals surface area contributed by atoms with Crippen LogP contribution in [-0.4, -0.2) is 53.8 Å². The van der Waals surface area contributed by atoms with Gasteiger partial charge in [0.2, 0.25) is 0 Å². The van der Waals surface area contributed by atoms with E-state index in [0.717, 1.165) is 28.2 Å². The Morgan fingerprint density at radius 1 is 1.00 bits per heavy atom. The van der Waals surface area contributed by atoms with Crippen LogP contribution in [-0.2, 0) is 31.9 Å². The summed E-state index contributed by atoms with van der Waals surface area (Å²) in [6, 6.07) is -1.28. The van der Waals surface area contributed by atoms with Crippen LogP contribution in [0.4, 0.5) is 5.00 Å². The number of carbonyl (C=O) groups is 5. The Kier molecular flexibility index (Phi) is 10.2. The number of hydrogen-bond donors (Lipinski definition) is 1. The van der Waals surface area contributed by atoms with E-state index in [1.807, 2.05) is 0 Å². The van der Waals surface area contributed by atoms with Crippen molar-refractivity contribution in [3.05, 3.63) is 45.0 Å². The molecular formula is C27H26Br4N2O7S. The van der Waals surface area contributed by atoms with Crippen molar-refractivity contribution in [1.82, 2.24) is 4.90 Å². The van der Waals surface area contributed by atoms with E-state index in [9.17, 15) is 24.0 Å². The summed E-state index contributed by atoms with van der Waals surface area (Å²) >= 11 is 14.8. The molecule has 1 aromatic heterocycles. The molecule has 1 aromatic carbocycles. The van der Waals surface area contributed by atoms with Gasteiger partial charge in [-0.15, -0.1) is 11.3 Å². The number of thiophene rings is 1. The molecule has 0 radical (unpaired) electrons. The van der Waals surface area contributed by atoms with Crippen LogP contribution in [0.15, 0.2) is 17.9 Å². The molecule has 3 amide bonds. The van der Waals surface area contributed by atoms with E-state index in [2.05, 4.69) is 76.0 Å². The molecular weight excluding hydrogens is 816 g/mol. The number of fused-ring (bicyclic) bond motifs is 2. The molecule has 2 aliphatic rings. The fourth-order valence-corrected chi connectivity index (χ4v) is 8.81. The lowest BCUT2D eigenvalue weighted by atomic mass is 9.88. The molecule has 220 valence electrons. The van der Waals surface area contributed by atoms with Gasteiger partial charge in [0.05, 0.1) is 23.3 Å². The van der Waals surface area contributed by atoms with Crippen molar-refractivity contribution >= 4 is 110 Å². The van der Waals surface area contributed by atoms with Gasteiger partial charge < -0.3 is 14.8 Å². The minimum absolute atomic E-state index is 0.107. The maximum Gasteiger partial charge on any atom is 0.341 e. The van der Waals surface area contributed by atoms with Crippen LogP contribution in [0.2, 0.25) is 0 Å². The summed E-state index contributed by atoms with van der Waals surface area (Å²) in [4.78, 5) is 67.7. The predicted octanol–water partition coefficient (Wildman–Crippen LogP) is 6.90. The lowest BCUT2D eigenvalue weighted by molar-refractivity contribution is -0.152. The van der Waals surface area contributed by atoms with Crippen LogP contribution in [0.3, 0.4) is 0 Å². The maximum absolute atomic E-state index is 13.4. The van der Waals surface area contributed by atoms with Crippen molar-refractivity contribution in [2.75, 3.05) is 18.5 Å². The van der Waals surface area contributed by atoms with E-state index in [1.54, 1.807) is 20.8 Å². The summed E-state index contributed by atoms with van der Waals surface area (Å²) in [5.41, 5.74) is 1.45. The second-order valence-corrected chi connectivity index (χ2v) is 14.4. The third-order valence-electron chi connectivity index (χ3n) is 6.87. The minimum atomic E-state index is -1.28. The monoisotopic (exact) mass is 838 g/mol. The van der Waals surface area contributed by atoms with Crippen molar-refractivity contribution in [2.24, 2.45) is 11.8 Å². The van der Waals surface area contributed by atoms with Gasteiger partial charge in [-0.2, -0.15) is 0 Å². The van der Waals surface area contributed by atoms with Crippen LogP contribution >= 0.6 is 75.1 Å². The number of nitrogens with one attached hydrogen (secondary N) is 1. The number of carbonyl (C=O) groups excluding carboxylic acids is 5. The number of rotatable bonds is 8. The molecule has 0 spiro atoms. The van der Waals surface area contributed by atoms with Crippen molar-refractivity contribution < 1.29 is 33.4 Å². The molecule has 41 heavy (non-hydrogen) atoms. The molecule has 2 heterocycles. The Morgan fingerprint density at radius 3 is 2.12 bits per heavy atom. The molecule has 0 saturated carbocycles. The predicted molar refractivity (Wildman–Crippen MR) is 167 cm³/mol. The van der Waals surface area contributed by atoms with E-state index < -0.39 is 48.2 Å². The SMILES string of the molecule is CCOC(=O)c1c(NC(=O)COC(=O)[C@@H](C(C)C)N2C(=O)c3c(Br)c(Br)c(Br)c(Br)c3C2=O)sc2c1CC[C@H](C)C2. The van der Waals surface area contributed by atoms with Gasteiger partial charge in [-0.1, -0.05) is 20.8 Å². The first-order valence-electron chi connectivity index (χ1n) is 12.8. The Hall–Kier alpha value is -1.61. The third kappa shape index (κ3) is 6.09. The summed E-state index contributed by atoms with van der Waals surface area (Å²) in [7, 11) is 0. The lowest BCUT2D eigenvalue weighted by Gasteiger charge is -2.27. The zero-order valence-electron chi connectivity index (χ0n) is 22.5. The Labute approximate surface area is 274 Å². The number of benzene rings is 1. The molecule has 4 rings (SSSR count). The van der Waals surface area contributed by atoms with Gasteiger partial charge in [-0.25, -0.2) is 9.59 Å². The van der Waals surface area contributed by atoms with Crippen molar-refractivity contribution in [1.29, 1.82) is 0 Å². The molecule has 0 bridgehead atoms. The first-order valence-corrected chi connectivity index (χ1v) is 16.8. The van der Waals surface area contributed by atoms with Crippen LogP contribution in [0.1, 0.15) is 75.6 Å². The van der Waals surface area contributed by atoms with Crippen LogP contribution in [0.25, 0.3) is 0 Å². The van der Waals surface area contributed by atoms with Crippen LogP contribution in [0, 0.1) is 11.8 Å². The Morgan fingerprint density at radius 2 is 1.59 bits per heavy atom. The average molecular weight is 842 g/mol.